The summed E-state index contributed by atoms with van der Waals surface area (Å²) in [7, 11) is 0. The van der Waals surface area contributed by atoms with E-state index in [0.29, 0.717) is 0 Å². The first kappa shape index (κ1) is 14.0. The maximum atomic E-state index is 12.8. The quantitative estimate of drug-likeness (QED) is 0.412. The first-order valence-electron chi connectivity index (χ1n) is 5.35. The minimum Gasteiger partial charge on any atom is -0.205 e. The molecule has 4 heteroatoms. The summed E-state index contributed by atoms with van der Waals surface area (Å²) in [4.78, 5) is 0. The molecule has 0 unspecified atom stereocenters. The molecule has 0 aromatic heterocycles. The van der Waals surface area contributed by atoms with E-state index in [-0.39, 0.29) is 5.56 Å². The number of alkyl halides is 2. The summed E-state index contributed by atoms with van der Waals surface area (Å²) in [6, 6.07) is 5.15. The highest BCUT2D eigenvalue weighted by Gasteiger charge is 2.15. The largest absolute Gasteiger partial charge is 0.264 e. The van der Waals surface area contributed by atoms with Gasteiger partial charge in [-0.2, -0.15) is 0 Å². The molecule has 0 nitrogen and oxygen atoms in total. The van der Waals surface area contributed by atoms with E-state index < -0.39 is 6.43 Å². The molecule has 90 valence electrons. The molecule has 0 saturated carbocycles. The first-order chi connectivity index (χ1) is 7.65. The second-order valence-electron chi connectivity index (χ2n) is 3.60. The summed E-state index contributed by atoms with van der Waals surface area (Å²) in [5, 5.41) is 0. The van der Waals surface area contributed by atoms with E-state index in [1.807, 2.05) is 6.07 Å². The van der Waals surface area contributed by atoms with Gasteiger partial charge in [0.2, 0.25) is 0 Å². The van der Waals surface area contributed by atoms with Crippen molar-refractivity contribution >= 4 is 27.7 Å². The van der Waals surface area contributed by atoms with Crippen molar-refractivity contribution in [3.8, 4) is 0 Å². The molecule has 0 saturated heterocycles. The summed E-state index contributed by atoms with van der Waals surface area (Å²) < 4.78 is 26.2. The molecule has 0 amide bonds. The Morgan fingerprint density at radius 3 is 2.75 bits per heavy atom. The van der Waals surface area contributed by atoms with Crippen LogP contribution in [0.4, 0.5) is 8.78 Å². The van der Waals surface area contributed by atoms with Crippen LogP contribution in [0.1, 0.15) is 37.3 Å². The normalized spacial score (nSPS) is 11.1. The summed E-state index contributed by atoms with van der Waals surface area (Å²) in [5.41, 5.74) is 0.939. The number of benzene rings is 1. The van der Waals surface area contributed by atoms with Crippen molar-refractivity contribution in [2.24, 2.45) is 0 Å². The van der Waals surface area contributed by atoms with Gasteiger partial charge in [-0.05, 0) is 30.3 Å². The molecule has 16 heavy (non-hydrogen) atoms. The van der Waals surface area contributed by atoms with Crippen LogP contribution in [0.25, 0.3) is 0 Å². The Morgan fingerprint density at radius 1 is 1.38 bits per heavy atom. The number of halogens is 3. The third-order valence-electron chi connectivity index (χ3n) is 2.29. The van der Waals surface area contributed by atoms with E-state index in [0.717, 1.165) is 28.0 Å². The molecule has 0 spiro atoms. The van der Waals surface area contributed by atoms with Gasteiger partial charge in [-0.15, -0.1) is 0 Å². The van der Waals surface area contributed by atoms with E-state index in [1.165, 1.54) is 24.2 Å². The Hall–Kier alpha value is -0.0900. The zero-order chi connectivity index (χ0) is 12.0. The van der Waals surface area contributed by atoms with Crippen LogP contribution in [-0.2, 0) is 17.5 Å². The van der Waals surface area contributed by atoms with Crippen molar-refractivity contribution in [2.75, 3.05) is 5.75 Å². The van der Waals surface area contributed by atoms with Crippen LogP contribution >= 0.6 is 15.9 Å². The van der Waals surface area contributed by atoms with Crippen LogP contribution < -0.4 is 0 Å². The molecule has 1 aromatic carbocycles. The Labute approximate surface area is 108 Å². The third-order valence-corrected chi connectivity index (χ3v) is 3.98. The average Bonchev–Trinajstić information content (AvgIpc) is 2.26. The van der Waals surface area contributed by atoms with Crippen molar-refractivity contribution in [1.82, 2.24) is 0 Å². The van der Waals surface area contributed by atoms with Crippen molar-refractivity contribution < 1.29 is 8.78 Å². The molecule has 0 aliphatic rings. The summed E-state index contributed by atoms with van der Waals surface area (Å²) >= 11 is 4.46. The van der Waals surface area contributed by atoms with Gasteiger partial charge in [0.15, 0.2) is 0 Å². The molecule has 1 rings (SSSR count). The second kappa shape index (κ2) is 7.28. The van der Waals surface area contributed by atoms with E-state index in [1.54, 1.807) is 6.07 Å². The number of thiol groups is 1. The molecule has 0 atom stereocenters. The highest BCUT2D eigenvalue weighted by molar-refractivity contribution is 9.10. The van der Waals surface area contributed by atoms with Gasteiger partial charge in [0.1, 0.15) is 11.5 Å². The summed E-state index contributed by atoms with van der Waals surface area (Å²) in [6.45, 7) is 2.14. The molecular weight excluding hydrogens is 294 g/mol. The molecule has 0 bridgehead atoms. The summed E-state index contributed by atoms with van der Waals surface area (Å²) in [6.07, 6.45) is -0.0502. The van der Waals surface area contributed by atoms with Crippen molar-refractivity contribution in [2.45, 2.75) is 31.9 Å². The van der Waals surface area contributed by atoms with Crippen LogP contribution in [0, 0.1) is 0 Å². The Morgan fingerprint density at radius 2 is 2.12 bits per heavy atom. The highest BCUT2D eigenvalue weighted by atomic mass is 79.9. The van der Waals surface area contributed by atoms with Gasteiger partial charge in [-0.25, -0.2) is 8.78 Å². The minimum atomic E-state index is -2.38. The molecule has 0 aliphatic carbocycles. The molecule has 0 radical (unpaired) electrons. The van der Waals surface area contributed by atoms with E-state index >= 15 is 0 Å². The number of rotatable bonds is 6. The highest BCUT2D eigenvalue weighted by Crippen LogP contribution is 2.26. The first-order valence-corrected chi connectivity index (χ1v) is 7.40. The predicted octanol–water partition coefficient (Wildman–Crippen LogP) is 4.50. The van der Waals surface area contributed by atoms with Crippen molar-refractivity contribution in [3.05, 3.63) is 33.8 Å². The van der Waals surface area contributed by atoms with Crippen LogP contribution in [-0.4, -0.2) is 5.75 Å². The van der Waals surface area contributed by atoms with Gasteiger partial charge >= 0.3 is 0 Å². The molecule has 1 aromatic rings. The lowest BCUT2D eigenvalue weighted by Crippen LogP contribution is -1.99. The molecular formula is C12H16BrF2S+. The minimum absolute atomic E-state index is 0.165. The van der Waals surface area contributed by atoms with Gasteiger partial charge in [-0.3, -0.25) is 0 Å². The number of unbranched alkanes of at least 4 members (excludes halogenated alkanes) is 1. The van der Waals surface area contributed by atoms with Crippen LogP contribution in [0.15, 0.2) is 22.7 Å². The van der Waals surface area contributed by atoms with Gasteiger partial charge in [0.25, 0.3) is 6.43 Å². The fourth-order valence-electron chi connectivity index (χ4n) is 1.38. The number of hydrogen-bond donors (Lipinski definition) is 0. The fraction of sp³-hybridized carbons (Fsp3) is 0.500. The lowest BCUT2D eigenvalue weighted by molar-refractivity contribution is 0.150. The SMILES string of the molecule is CCCC[SH+]Cc1ccc(Br)cc1C(F)F. The van der Waals surface area contributed by atoms with Crippen molar-refractivity contribution in [3.63, 3.8) is 0 Å². The maximum Gasteiger partial charge on any atom is 0.264 e. The zero-order valence-electron chi connectivity index (χ0n) is 9.22. The van der Waals surface area contributed by atoms with Crippen LogP contribution in [0.3, 0.4) is 0 Å². The Kier molecular flexibility index (Phi) is 6.36. The average molecular weight is 310 g/mol. The predicted molar refractivity (Wildman–Crippen MR) is 71.3 cm³/mol. The maximum absolute atomic E-state index is 12.8. The third kappa shape index (κ3) is 4.42. The second-order valence-corrected chi connectivity index (χ2v) is 5.73. The molecule has 0 N–H and O–H groups in total. The number of hydrogen-bond acceptors (Lipinski definition) is 0. The molecule has 0 heterocycles. The van der Waals surface area contributed by atoms with Gasteiger partial charge in [0.05, 0.1) is 0 Å². The summed E-state index contributed by atoms with van der Waals surface area (Å²) in [5.74, 6) is 1.82. The van der Waals surface area contributed by atoms with Crippen LogP contribution in [0.2, 0.25) is 0 Å². The van der Waals surface area contributed by atoms with E-state index in [9.17, 15) is 8.78 Å². The zero-order valence-corrected chi connectivity index (χ0v) is 11.7. The Bertz CT molecular complexity index is 329. The van der Waals surface area contributed by atoms with Gasteiger partial charge in [-0.1, -0.05) is 35.3 Å². The van der Waals surface area contributed by atoms with Gasteiger partial charge < -0.3 is 0 Å². The van der Waals surface area contributed by atoms with E-state index in [4.69, 9.17) is 0 Å². The lowest BCUT2D eigenvalue weighted by Gasteiger charge is -2.06. The molecule has 0 aliphatic heterocycles. The smallest absolute Gasteiger partial charge is 0.205 e. The standard InChI is InChI=1S/C12H15BrF2S/c1-2-3-6-16-8-9-4-5-10(13)7-11(9)12(14)15/h4-5,7,12H,2-3,6,8H2,1H3/p+1. The van der Waals surface area contributed by atoms with Crippen LogP contribution in [0.5, 0.6) is 0 Å². The lowest BCUT2D eigenvalue weighted by atomic mass is 10.1. The van der Waals surface area contributed by atoms with Crippen molar-refractivity contribution in [1.29, 1.82) is 0 Å². The molecule has 0 fully saturated rings. The van der Waals surface area contributed by atoms with E-state index in [2.05, 4.69) is 22.9 Å². The Balaban J connectivity index is 2.64. The topological polar surface area (TPSA) is 0 Å². The fourth-order valence-corrected chi connectivity index (χ4v) is 2.99. The van der Waals surface area contributed by atoms with Gasteiger partial charge in [0, 0.05) is 15.6 Å². The monoisotopic (exact) mass is 309 g/mol.